The summed E-state index contributed by atoms with van der Waals surface area (Å²) < 4.78 is 21.7. The van der Waals surface area contributed by atoms with Crippen LogP contribution in [-0.4, -0.2) is 68.2 Å². The van der Waals surface area contributed by atoms with E-state index in [4.69, 9.17) is 18.9 Å². The number of hydrogen-bond donors (Lipinski definition) is 3. The minimum absolute atomic E-state index is 0.0609. The number of rotatable bonds is 13. The molecule has 3 N–H and O–H groups in total. The van der Waals surface area contributed by atoms with Crippen LogP contribution in [0, 0.1) is 0 Å². The van der Waals surface area contributed by atoms with Crippen molar-refractivity contribution in [2.45, 2.75) is 49.5 Å². The molecule has 15 heteroatoms. The first-order chi connectivity index (χ1) is 29.3. The van der Waals surface area contributed by atoms with Crippen LogP contribution in [-0.2, 0) is 32.0 Å². The zero-order chi connectivity index (χ0) is 43.7. The van der Waals surface area contributed by atoms with Gasteiger partial charge >= 0.3 is 12.1 Å². The van der Waals surface area contributed by atoms with Crippen LogP contribution >= 0.6 is 23.1 Å². The van der Waals surface area contributed by atoms with Crippen molar-refractivity contribution in [2.24, 2.45) is 0 Å². The average Bonchev–Trinajstić information content (AvgIpc) is 3.61. The number of ether oxygens (including phenoxy) is 4. The summed E-state index contributed by atoms with van der Waals surface area (Å²) in [5.41, 5.74) is 2.17. The second-order valence-corrected chi connectivity index (χ2v) is 17.0. The van der Waals surface area contributed by atoms with Crippen molar-refractivity contribution in [3.05, 3.63) is 142 Å². The molecule has 61 heavy (non-hydrogen) atoms. The first-order valence-corrected chi connectivity index (χ1v) is 20.9. The fraction of sp³-hybridized carbons (Fsp3) is 0.239. The average molecular weight is 863 g/mol. The molecular formula is C46H46N4O9S2. The molecule has 1 atom stereocenters. The van der Waals surface area contributed by atoms with Crippen LogP contribution in [0.5, 0.6) is 11.5 Å². The molecule has 0 fully saturated rings. The highest BCUT2D eigenvalue weighted by Gasteiger charge is 2.34. The van der Waals surface area contributed by atoms with Gasteiger partial charge in [0.25, 0.3) is 11.8 Å². The van der Waals surface area contributed by atoms with Crippen LogP contribution in [0.4, 0.5) is 15.5 Å². The van der Waals surface area contributed by atoms with Crippen molar-refractivity contribution in [3.8, 4) is 11.5 Å². The van der Waals surface area contributed by atoms with Gasteiger partial charge < -0.3 is 39.8 Å². The summed E-state index contributed by atoms with van der Waals surface area (Å²) in [6.45, 7) is 5.94. The van der Waals surface area contributed by atoms with Crippen LogP contribution in [0.3, 0.4) is 0 Å². The van der Waals surface area contributed by atoms with Gasteiger partial charge in [-0.15, -0.1) is 23.1 Å². The number of benzene rings is 4. The maximum absolute atomic E-state index is 14.4. The summed E-state index contributed by atoms with van der Waals surface area (Å²) in [5.74, 6) is -1.13. The number of carbonyl (C=O) groups excluding carboxylic acids is 5. The molecule has 1 aromatic heterocycles. The second kappa shape index (κ2) is 19.7. The molecule has 0 spiro atoms. The summed E-state index contributed by atoms with van der Waals surface area (Å²) >= 11 is 2.47. The van der Waals surface area contributed by atoms with Gasteiger partial charge in [0.1, 0.15) is 33.0 Å². The molecular weight excluding hydrogens is 817 g/mol. The third-order valence-electron chi connectivity index (χ3n) is 9.29. The van der Waals surface area contributed by atoms with E-state index in [9.17, 15) is 24.0 Å². The van der Waals surface area contributed by atoms with Crippen molar-refractivity contribution >= 4 is 69.6 Å². The Balaban J connectivity index is 1.26. The number of thiophene rings is 1. The lowest BCUT2D eigenvalue weighted by Gasteiger charge is -2.30. The van der Waals surface area contributed by atoms with Crippen LogP contribution < -0.4 is 25.4 Å². The maximum atomic E-state index is 14.4. The summed E-state index contributed by atoms with van der Waals surface area (Å²) in [7, 11) is 4.31. The number of hydrogen-bond acceptors (Lipinski definition) is 11. The van der Waals surface area contributed by atoms with Gasteiger partial charge in [-0.2, -0.15) is 0 Å². The van der Waals surface area contributed by atoms with Crippen molar-refractivity contribution in [3.63, 3.8) is 0 Å². The molecule has 316 valence electrons. The van der Waals surface area contributed by atoms with Crippen LogP contribution in [0.25, 0.3) is 6.08 Å². The fourth-order valence-corrected chi connectivity index (χ4v) is 8.74. The van der Waals surface area contributed by atoms with Gasteiger partial charge in [0.15, 0.2) is 0 Å². The van der Waals surface area contributed by atoms with Crippen LogP contribution in [0.1, 0.15) is 68.3 Å². The highest BCUT2D eigenvalue weighted by Crippen LogP contribution is 2.41. The Morgan fingerprint density at radius 1 is 0.836 bits per heavy atom. The highest BCUT2D eigenvalue weighted by molar-refractivity contribution is 8.00. The van der Waals surface area contributed by atoms with Gasteiger partial charge in [-0.05, 0) is 92.9 Å². The normalized spacial score (nSPS) is 13.0. The minimum atomic E-state index is -0.809. The molecule has 0 bridgehead atoms. The van der Waals surface area contributed by atoms with E-state index in [1.807, 2.05) is 36.4 Å². The lowest BCUT2D eigenvalue weighted by molar-refractivity contribution is -0.116. The van der Waals surface area contributed by atoms with E-state index in [-0.39, 0.29) is 17.8 Å². The zero-order valence-corrected chi connectivity index (χ0v) is 36.2. The summed E-state index contributed by atoms with van der Waals surface area (Å²) in [5, 5.41) is 8.15. The molecule has 0 aliphatic carbocycles. The monoisotopic (exact) mass is 862 g/mol. The van der Waals surface area contributed by atoms with Gasteiger partial charge in [0.2, 0.25) is 5.91 Å². The molecule has 2 heterocycles. The van der Waals surface area contributed by atoms with Gasteiger partial charge in [-0.3, -0.25) is 14.4 Å². The van der Waals surface area contributed by atoms with Gasteiger partial charge in [0.05, 0.1) is 33.4 Å². The standard InChI is InChI=1S/C46H46N4O9S2/c1-46(2,3)59-45(55)50-23-22-34-37(27-50)61-43(38(34)44(54)58-6)49-42(53)39(28-14-9-7-10-15-28)60-33-19-13-18-31(26-33)47-41(52)35(48-40(51)29-16-11-8-12-17-29)25-30-24-32(56-4)20-21-36(30)57-5/h7-21,24-26,39H,22-23,27H2,1-6H3,(H,47,52)(H,48,51)(H,49,53)/b35-25+. The van der Waals surface area contributed by atoms with E-state index >= 15 is 0 Å². The van der Waals surface area contributed by atoms with E-state index in [0.29, 0.717) is 56.7 Å². The van der Waals surface area contributed by atoms with E-state index < -0.39 is 40.6 Å². The molecule has 0 saturated heterocycles. The van der Waals surface area contributed by atoms with Gasteiger partial charge in [0, 0.05) is 33.1 Å². The zero-order valence-electron chi connectivity index (χ0n) is 34.5. The number of nitrogens with one attached hydrogen (secondary N) is 3. The number of thioether (sulfide) groups is 1. The molecule has 13 nitrogen and oxygen atoms in total. The Morgan fingerprint density at radius 3 is 2.23 bits per heavy atom. The Morgan fingerprint density at radius 2 is 1.56 bits per heavy atom. The number of anilines is 2. The van der Waals surface area contributed by atoms with Gasteiger partial charge in [-0.25, -0.2) is 9.59 Å². The molecule has 0 saturated carbocycles. The predicted octanol–water partition coefficient (Wildman–Crippen LogP) is 8.73. The Kier molecular flexibility index (Phi) is 14.2. The third kappa shape index (κ3) is 11.2. The molecule has 4 aromatic carbocycles. The second-order valence-electron chi connectivity index (χ2n) is 14.7. The smallest absolute Gasteiger partial charge is 0.410 e. The Labute approximate surface area is 362 Å². The highest BCUT2D eigenvalue weighted by atomic mass is 32.2. The quantitative estimate of drug-likeness (QED) is 0.0593. The number of methoxy groups -OCH3 is 3. The van der Waals surface area contributed by atoms with Crippen molar-refractivity contribution in [1.29, 1.82) is 0 Å². The molecule has 1 aliphatic heterocycles. The van der Waals surface area contributed by atoms with E-state index in [2.05, 4.69) is 16.0 Å². The molecule has 1 aliphatic rings. The number of nitrogens with zero attached hydrogens (tertiary/aromatic N) is 1. The van der Waals surface area contributed by atoms with E-state index in [0.717, 1.165) is 10.4 Å². The number of amides is 4. The largest absolute Gasteiger partial charge is 0.497 e. The van der Waals surface area contributed by atoms with E-state index in [1.165, 1.54) is 50.5 Å². The van der Waals surface area contributed by atoms with Crippen molar-refractivity contribution in [2.75, 3.05) is 38.5 Å². The van der Waals surface area contributed by atoms with Gasteiger partial charge in [-0.1, -0.05) is 54.6 Å². The molecule has 4 amide bonds. The number of carbonyl (C=O) groups is 5. The summed E-state index contributed by atoms with van der Waals surface area (Å²) in [4.78, 5) is 70.8. The van der Waals surface area contributed by atoms with Crippen molar-refractivity contribution < 1.29 is 42.9 Å². The number of fused-ring (bicyclic) bond motifs is 1. The van der Waals surface area contributed by atoms with Crippen LogP contribution in [0.2, 0.25) is 0 Å². The summed E-state index contributed by atoms with van der Waals surface area (Å²) in [6.07, 6.45) is 1.42. The lowest BCUT2D eigenvalue weighted by atomic mass is 10.0. The first kappa shape index (κ1) is 44.0. The summed E-state index contributed by atoms with van der Waals surface area (Å²) in [6, 6.07) is 29.8. The van der Waals surface area contributed by atoms with Crippen LogP contribution in [0.15, 0.2) is 114 Å². The predicted molar refractivity (Wildman–Crippen MR) is 236 cm³/mol. The fourth-order valence-electron chi connectivity index (χ4n) is 6.40. The minimum Gasteiger partial charge on any atom is -0.497 e. The molecule has 1 unspecified atom stereocenters. The molecule has 6 rings (SSSR count). The lowest BCUT2D eigenvalue weighted by Crippen LogP contribution is -2.39. The Bertz CT molecular complexity index is 2450. The first-order valence-electron chi connectivity index (χ1n) is 19.2. The molecule has 0 radical (unpaired) electrons. The third-order valence-corrected chi connectivity index (χ3v) is 11.7. The molecule has 5 aromatic rings. The SMILES string of the molecule is COC(=O)c1c(NC(=O)C(Sc2cccc(NC(=O)/C(=C\c3cc(OC)ccc3OC)NC(=O)c3ccccc3)c2)c2ccccc2)sc2c1CCN(C(=O)OC(C)(C)C)C2. The van der Waals surface area contributed by atoms with Crippen molar-refractivity contribution in [1.82, 2.24) is 10.2 Å². The topological polar surface area (TPSA) is 162 Å². The maximum Gasteiger partial charge on any atom is 0.410 e. The van der Waals surface area contributed by atoms with E-state index in [1.54, 1.807) is 92.4 Å². The number of esters is 1. The Hall–Kier alpha value is -6.58.